The first kappa shape index (κ1) is 10.4. The molecule has 5 nitrogen and oxygen atoms in total. The van der Waals surface area contributed by atoms with Crippen LogP contribution in [-0.2, 0) is 13.6 Å². The Morgan fingerprint density at radius 2 is 2.25 bits per heavy atom. The highest BCUT2D eigenvalue weighted by Gasteiger charge is 1.96. The smallest absolute Gasteiger partial charge is 0.250 e. The molecule has 82 valence electrons. The second-order valence-corrected chi connectivity index (χ2v) is 3.42. The van der Waals surface area contributed by atoms with Gasteiger partial charge in [0, 0.05) is 31.7 Å². The summed E-state index contributed by atoms with van der Waals surface area (Å²) >= 11 is 0. The summed E-state index contributed by atoms with van der Waals surface area (Å²) in [4.78, 5) is 19.3. The van der Waals surface area contributed by atoms with E-state index in [4.69, 9.17) is 0 Å². The quantitative estimate of drug-likeness (QED) is 0.824. The van der Waals surface area contributed by atoms with Crippen molar-refractivity contribution < 1.29 is 0 Å². The summed E-state index contributed by atoms with van der Waals surface area (Å²) in [5.74, 6) is 0. The average Bonchev–Trinajstić information content (AvgIpc) is 2.32. The van der Waals surface area contributed by atoms with Crippen LogP contribution in [0.5, 0.6) is 0 Å². The topological polar surface area (TPSA) is 59.8 Å². The molecule has 0 aliphatic rings. The number of aryl methyl sites for hydroxylation is 1. The van der Waals surface area contributed by atoms with Crippen molar-refractivity contribution in [2.75, 3.05) is 5.32 Å². The first-order valence-corrected chi connectivity index (χ1v) is 4.91. The first-order chi connectivity index (χ1) is 7.75. The lowest BCUT2D eigenvalue weighted by molar-refractivity contribution is 0.858. The van der Waals surface area contributed by atoms with Crippen LogP contribution in [0.25, 0.3) is 0 Å². The van der Waals surface area contributed by atoms with Gasteiger partial charge in [0.1, 0.15) is 0 Å². The van der Waals surface area contributed by atoms with Crippen LogP contribution in [0.3, 0.4) is 0 Å². The van der Waals surface area contributed by atoms with Gasteiger partial charge < -0.3 is 9.88 Å². The van der Waals surface area contributed by atoms with Crippen LogP contribution < -0.4 is 10.9 Å². The minimum absolute atomic E-state index is 0.0231. The molecule has 1 N–H and O–H groups in total. The predicted molar refractivity (Wildman–Crippen MR) is 61.0 cm³/mol. The Morgan fingerprint density at radius 1 is 1.38 bits per heavy atom. The fourth-order valence-electron chi connectivity index (χ4n) is 1.31. The second kappa shape index (κ2) is 4.57. The van der Waals surface area contributed by atoms with Crippen LogP contribution in [0.15, 0.2) is 41.7 Å². The van der Waals surface area contributed by atoms with Gasteiger partial charge in [-0.25, -0.2) is 0 Å². The van der Waals surface area contributed by atoms with E-state index in [0.29, 0.717) is 6.54 Å². The third-order valence-corrected chi connectivity index (χ3v) is 2.18. The average molecular weight is 216 g/mol. The number of nitrogens with zero attached hydrogens (tertiary/aromatic N) is 3. The molecule has 0 unspecified atom stereocenters. The number of hydrogen-bond acceptors (Lipinski definition) is 4. The Labute approximate surface area is 92.8 Å². The maximum Gasteiger partial charge on any atom is 0.250 e. The second-order valence-electron chi connectivity index (χ2n) is 3.42. The largest absolute Gasteiger partial charge is 0.378 e. The number of anilines is 1. The lowest BCUT2D eigenvalue weighted by Gasteiger charge is -2.06. The monoisotopic (exact) mass is 216 g/mol. The highest BCUT2D eigenvalue weighted by Crippen LogP contribution is 2.04. The van der Waals surface area contributed by atoms with E-state index in [2.05, 4.69) is 15.3 Å². The van der Waals surface area contributed by atoms with Gasteiger partial charge in [0.15, 0.2) is 0 Å². The molecule has 5 heteroatoms. The summed E-state index contributed by atoms with van der Waals surface area (Å²) < 4.78 is 1.53. The molecular weight excluding hydrogens is 204 g/mol. The SMILES string of the molecule is Cn1cc(NCc2cnccn2)ccc1=O. The van der Waals surface area contributed by atoms with Gasteiger partial charge in [-0.05, 0) is 6.07 Å². The zero-order valence-electron chi connectivity index (χ0n) is 8.92. The molecule has 0 aliphatic heterocycles. The van der Waals surface area contributed by atoms with Gasteiger partial charge in [-0.2, -0.15) is 0 Å². The molecule has 0 aliphatic carbocycles. The summed E-state index contributed by atoms with van der Waals surface area (Å²) in [5, 5.41) is 3.17. The summed E-state index contributed by atoms with van der Waals surface area (Å²) in [5.41, 5.74) is 1.72. The van der Waals surface area contributed by atoms with Crippen molar-refractivity contribution in [3.8, 4) is 0 Å². The third-order valence-electron chi connectivity index (χ3n) is 2.18. The van der Waals surface area contributed by atoms with Gasteiger partial charge in [-0.15, -0.1) is 0 Å². The van der Waals surface area contributed by atoms with E-state index in [-0.39, 0.29) is 5.56 Å². The number of nitrogens with one attached hydrogen (secondary N) is 1. The molecule has 0 atom stereocenters. The van der Waals surface area contributed by atoms with Crippen molar-refractivity contribution in [2.24, 2.45) is 7.05 Å². The molecule has 2 aromatic rings. The molecule has 0 saturated carbocycles. The minimum Gasteiger partial charge on any atom is -0.378 e. The van der Waals surface area contributed by atoms with E-state index in [9.17, 15) is 4.79 Å². The van der Waals surface area contributed by atoms with E-state index in [0.717, 1.165) is 11.4 Å². The number of aromatic nitrogens is 3. The Bertz CT molecular complexity index is 521. The highest BCUT2D eigenvalue weighted by molar-refractivity contribution is 5.40. The summed E-state index contributed by atoms with van der Waals surface area (Å²) in [6.45, 7) is 0.589. The Hall–Kier alpha value is -2.17. The third kappa shape index (κ3) is 2.44. The number of rotatable bonds is 3. The number of pyridine rings is 1. The fraction of sp³-hybridized carbons (Fsp3) is 0.182. The van der Waals surface area contributed by atoms with Gasteiger partial charge in [-0.1, -0.05) is 0 Å². The fourth-order valence-corrected chi connectivity index (χ4v) is 1.31. The van der Waals surface area contributed by atoms with Crippen molar-refractivity contribution in [1.82, 2.24) is 14.5 Å². The first-order valence-electron chi connectivity index (χ1n) is 4.91. The molecule has 0 spiro atoms. The Kier molecular flexibility index (Phi) is 2.95. The molecule has 0 aromatic carbocycles. The van der Waals surface area contributed by atoms with E-state index in [1.165, 1.54) is 10.6 Å². The Balaban J connectivity index is 2.05. The zero-order valence-corrected chi connectivity index (χ0v) is 8.92. The summed E-state index contributed by atoms with van der Waals surface area (Å²) in [6, 6.07) is 3.28. The maximum atomic E-state index is 11.2. The maximum absolute atomic E-state index is 11.2. The molecule has 16 heavy (non-hydrogen) atoms. The highest BCUT2D eigenvalue weighted by atomic mass is 16.1. The predicted octanol–water partition coefficient (Wildman–Crippen LogP) is 0.787. The van der Waals surface area contributed by atoms with E-state index in [1.54, 1.807) is 37.9 Å². The molecule has 0 radical (unpaired) electrons. The summed E-state index contributed by atoms with van der Waals surface area (Å²) in [6.07, 6.45) is 6.74. The van der Waals surface area contributed by atoms with Crippen molar-refractivity contribution in [2.45, 2.75) is 6.54 Å². The normalized spacial score (nSPS) is 10.1. The van der Waals surface area contributed by atoms with Crippen LogP contribution in [0.1, 0.15) is 5.69 Å². The lowest BCUT2D eigenvalue weighted by atomic mass is 10.4. The van der Waals surface area contributed by atoms with Crippen molar-refractivity contribution in [1.29, 1.82) is 0 Å². The zero-order chi connectivity index (χ0) is 11.4. The van der Waals surface area contributed by atoms with Gasteiger partial charge in [0.25, 0.3) is 0 Å². The van der Waals surface area contributed by atoms with Crippen molar-refractivity contribution in [3.05, 3.63) is 53.0 Å². The van der Waals surface area contributed by atoms with E-state index in [1.807, 2.05) is 0 Å². The van der Waals surface area contributed by atoms with Crippen LogP contribution in [0.2, 0.25) is 0 Å². The summed E-state index contributed by atoms with van der Waals surface area (Å²) in [7, 11) is 1.72. The molecule has 2 aromatic heterocycles. The molecule has 2 heterocycles. The molecule has 0 bridgehead atoms. The molecular formula is C11H12N4O. The molecule has 2 rings (SSSR count). The van der Waals surface area contributed by atoms with E-state index < -0.39 is 0 Å². The van der Waals surface area contributed by atoms with Gasteiger partial charge >= 0.3 is 0 Å². The van der Waals surface area contributed by atoms with Crippen molar-refractivity contribution >= 4 is 5.69 Å². The Morgan fingerprint density at radius 3 is 2.94 bits per heavy atom. The van der Waals surface area contributed by atoms with Crippen LogP contribution in [-0.4, -0.2) is 14.5 Å². The molecule has 0 saturated heterocycles. The van der Waals surface area contributed by atoms with Crippen LogP contribution >= 0.6 is 0 Å². The number of hydrogen-bond donors (Lipinski definition) is 1. The van der Waals surface area contributed by atoms with Gasteiger partial charge in [0.05, 0.1) is 24.1 Å². The molecule has 0 amide bonds. The lowest BCUT2D eigenvalue weighted by Crippen LogP contribution is -2.15. The van der Waals surface area contributed by atoms with Crippen LogP contribution in [0, 0.1) is 0 Å². The van der Waals surface area contributed by atoms with Gasteiger partial charge in [-0.3, -0.25) is 14.8 Å². The van der Waals surface area contributed by atoms with Crippen molar-refractivity contribution in [3.63, 3.8) is 0 Å². The standard InChI is InChI=1S/C11H12N4O/c1-15-8-9(2-3-11(15)16)14-7-10-6-12-4-5-13-10/h2-6,8,14H,7H2,1H3. The molecule has 0 fully saturated rings. The van der Waals surface area contributed by atoms with Crippen LogP contribution in [0.4, 0.5) is 5.69 Å². The van der Waals surface area contributed by atoms with Gasteiger partial charge in [0.2, 0.25) is 5.56 Å². The minimum atomic E-state index is -0.0231. The van der Waals surface area contributed by atoms with E-state index >= 15 is 0 Å².